The first-order valence-corrected chi connectivity index (χ1v) is 7.20. The lowest BCUT2D eigenvalue weighted by molar-refractivity contribution is 0.0462. The van der Waals surface area contributed by atoms with Crippen molar-refractivity contribution in [3.8, 4) is 0 Å². The lowest BCUT2D eigenvalue weighted by atomic mass is 9.82. The van der Waals surface area contributed by atoms with Gasteiger partial charge < -0.3 is 19.9 Å². The molecule has 2 rings (SSSR count). The summed E-state index contributed by atoms with van der Waals surface area (Å²) in [6.45, 7) is 5.51. The van der Waals surface area contributed by atoms with Crippen LogP contribution in [0.5, 0.6) is 0 Å². The molecule has 19 heavy (non-hydrogen) atoms. The second kappa shape index (κ2) is 5.67. The highest BCUT2D eigenvalue weighted by molar-refractivity contribution is 5.68. The standard InChI is InChI=1S/C14H25NO4/c1-14(2,3)19-13(17)15-10(11-12(16)18-11)9-7-5-4-6-8-9/h9-12,16H,4-8H2,1-3H3,(H,15,17)/t10-,11?,12?/m1/s1. The summed E-state index contributed by atoms with van der Waals surface area (Å²) < 4.78 is 10.4. The molecule has 1 saturated carbocycles. The third-order valence-electron chi connectivity index (χ3n) is 3.70. The van der Waals surface area contributed by atoms with Crippen molar-refractivity contribution in [2.75, 3.05) is 0 Å². The first kappa shape index (κ1) is 14.6. The zero-order valence-electron chi connectivity index (χ0n) is 12.0. The number of ether oxygens (including phenoxy) is 2. The van der Waals surface area contributed by atoms with E-state index in [1.807, 2.05) is 20.8 Å². The monoisotopic (exact) mass is 271 g/mol. The van der Waals surface area contributed by atoms with Gasteiger partial charge in [-0.3, -0.25) is 0 Å². The molecule has 0 aromatic heterocycles. The number of epoxide rings is 1. The summed E-state index contributed by atoms with van der Waals surface area (Å²) in [6, 6.07) is -0.134. The van der Waals surface area contributed by atoms with Crippen molar-refractivity contribution in [3.05, 3.63) is 0 Å². The van der Waals surface area contributed by atoms with E-state index in [1.54, 1.807) is 0 Å². The predicted molar refractivity (Wildman–Crippen MR) is 70.6 cm³/mol. The molecule has 2 unspecified atom stereocenters. The molecule has 0 radical (unpaired) electrons. The van der Waals surface area contributed by atoms with Gasteiger partial charge in [0.15, 0.2) is 6.29 Å². The molecule has 1 amide bonds. The molecule has 0 aromatic rings. The highest BCUT2D eigenvalue weighted by Crippen LogP contribution is 2.34. The molecule has 1 aliphatic heterocycles. The number of hydrogen-bond acceptors (Lipinski definition) is 4. The van der Waals surface area contributed by atoms with Crippen LogP contribution in [0.1, 0.15) is 52.9 Å². The molecular weight excluding hydrogens is 246 g/mol. The smallest absolute Gasteiger partial charge is 0.407 e. The van der Waals surface area contributed by atoms with Gasteiger partial charge in [-0.2, -0.15) is 0 Å². The van der Waals surface area contributed by atoms with Crippen LogP contribution in [0.25, 0.3) is 0 Å². The first-order valence-electron chi connectivity index (χ1n) is 7.20. The lowest BCUT2D eigenvalue weighted by Gasteiger charge is -2.30. The SMILES string of the molecule is CC(C)(C)OC(=O)N[C@H](C1CCCCC1)C1OC1O. The Morgan fingerprint density at radius 1 is 1.32 bits per heavy atom. The summed E-state index contributed by atoms with van der Waals surface area (Å²) in [6.07, 6.45) is 4.34. The van der Waals surface area contributed by atoms with Crippen molar-refractivity contribution in [1.82, 2.24) is 5.32 Å². The van der Waals surface area contributed by atoms with Crippen LogP contribution < -0.4 is 5.32 Å². The van der Waals surface area contributed by atoms with E-state index < -0.39 is 18.0 Å². The summed E-state index contributed by atoms with van der Waals surface area (Å²) >= 11 is 0. The Hall–Kier alpha value is -0.810. The zero-order valence-corrected chi connectivity index (χ0v) is 12.0. The fraction of sp³-hybridized carbons (Fsp3) is 0.929. The molecule has 1 saturated heterocycles. The van der Waals surface area contributed by atoms with Crippen molar-refractivity contribution >= 4 is 6.09 Å². The fourth-order valence-electron chi connectivity index (χ4n) is 2.78. The maximum atomic E-state index is 11.9. The van der Waals surface area contributed by atoms with Gasteiger partial charge in [0, 0.05) is 0 Å². The Labute approximate surface area is 114 Å². The van der Waals surface area contributed by atoms with Crippen molar-refractivity contribution in [1.29, 1.82) is 0 Å². The highest BCUT2D eigenvalue weighted by Gasteiger charge is 2.48. The molecule has 1 aliphatic carbocycles. The summed E-state index contributed by atoms with van der Waals surface area (Å²) in [5.41, 5.74) is -0.510. The molecule has 1 heterocycles. The number of aliphatic hydroxyl groups is 1. The van der Waals surface area contributed by atoms with Crippen LogP contribution in [-0.2, 0) is 9.47 Å². The number of carbonyl (C=O) groups is 1. The largest absolute Gasteiger partial charge is 0.444 e. The topological polar surface area (TPSA) is 71.1 Å². The molecule has 0 bridgehead atoms. The normalized spacial score (nSPS) is 29.7. The van der Waals surface area contributed by atoms with E-state index in [-0.39, 0.29) is 12.1 Å². The van der Waals surface area contributed by atoms with Crippen molar-refractivity contribution in [2.24, 2.45) is 5.92 Å². The minimum absolute atomic E-state index is 0.134. The van der Waals surface area contributed by atoms with E-state index in [0.29, 0.717) is 5.92 Å². The predicted octanol–water partition coefficient (Wildman–Crippen LogP) is 2.18. The third-order valence-corrected chi connectivity index (χ3v) is 3.70. The second-order valence-corrected chi connectivity index (χ2v) is 6.56. The summed E-state index contributed by atoms with van der Waals surface area (Å²) in [5, 5.41) is 12.3. The van der Waals surface area contributed by atoms with E-state index in [9.17, 15) is 9.90 Å². The van der Waals surface area contributed by atoms with Crippen LogP contribution in [-0.4, -0.2) is 35.2 Å². The molecule has 0 aromatic carbocycles. The molecule has 2 fully saturated rings. The number of rotatable bonds is 3. The van der Waals surface area contributed by atoms with Crippen LogP contribution in [0, 0.1) is 5.92 Å². The Morgan fingerprint density at radius 2 is 1.89 bits per heavy atom. The molecule has 3 atom stereocenters. The van der Waals surface area contributed by atoms with Crippen LogP contribution >= 0.6 is 0 Å². The number of hydrogen-bond donors (Lipinski definition) is 2. The molecule has 0 spiro atoms. The van der Waals surface area contributed by atoms with Crippen molar-refractivity contribution in [3.63, 3.8) is 0 Å². The Balaban J connectivity index is 1.92. The summed E-state index contributed by atoms with van der Waals surface area (Å²) in [7, 11) is 0. The van der Waals surface area contributed by atoms with Crippen molar-refractivity contribution in [2.45, 2.75) is 76.9 Å². The van der Waals surface area contributed by atoms with Gasteiger partial charge in [-0.25, -0.2) is 4.79 Å². The Morgan fingerprint density at radius 3 is 2.37 bits per heavy atom. The van der Waals surface area contributed by atoms with Gasteiger partial charge >= 0.3 is 6.09 Å². The Bertz CT molecular complexity index is 320. The van der Waals surface area contributed by atoms with Gasteiger partial charge in [-0.1, -0.05) is 19.3 Å². The van der Waals surface area contributed by atoms with Gasteiger partial charge in [0.2, 0.25) is 0 Å². The van der Waals surface area contributed by atoms with Crippen LogP contribution in [0.2, 0.25) is 0 Å². The van der Waals surface area contributed by atoms with Gasteiger partial charge in [0.25, 0.3) is 0 Å². The zero-order chi connectivity index (χ0) is 14.0. The average Bonchev–Trinajstić information content (AvgIpc) is 3.02. The molecule has 5 heteroatoms. The second-order valence-electron chi connectivity index (χ2n) is 6.56. The van der Waals surface area contributed by atoms with Gasteiger partial charge in [-0.15, -0.1) is 0 Å². The number of alkyl carbamates (subject to hydrolysis) is 1. The third kappa shape index (κ3) is 4.35. The maximum Gasteiger partial charge on any atom is 0.407 e. The highest BCUT2D eigenvalue weighted by atomic mass is 16.7. The van der Waals surface area contributed by atoms with E-state index in [1.165, 1.54) is 19.3 Å². The van der Waals surface area contributed by atoms with E-state index in [0.717, 1.165) is 12.8 Å². The fourth-order valence-corrected chi connectivity index (χ4v) is 2.78. The minimum atomic E-state index is -0.734. The van der Waals surface area contributed by atoms with Gasteiger partial charge in [-0.05, 0) is 39.5 Å². The summed E-state index contributed by atoms with van der Waals surface area (Å²) in [5.74, 6) is 0.378. The van der Waals surface area contributed by atoms with E-state index in [4.69, 9.17) is 9.47 Å². The molecule has 5 nitrogen and oxygen atoms in total. The molecule has 110 valence electrons. The number of aliphatic hydroxyl groups excluding tert-OH is 1. The quantitative estimate of drug-likeness (QED) is 0.772. The van der Waals surface area contributed by atoms with E-state index >= 15 is 0 Å². The van der Waals surface area contributed by atoms with E-state index in [2.05, 4.69) is 5.32 Å². The van der Waals surface area contributed by atoms with Gasteiger partial charge in [0.05, 0.1) is 6.04 Å². The number of nitrogens with one attached hydrogen (secondary N) is 1. The molecular formula is C14H25NO4. The summed E-state index contributed by atoms with van der Waals surface area (Å²) in [4.78, 5) is 11.9. The number of amides is 1. The van der Waals surface area contributed by atoms with Crippen LogP contribution in [0.4, 0.5) is 4.79 Å². The van der Waals surface area contributed by atoms with Crippen LogP contribution in [0.15, 0.2) is 0 Å². The lowest BCUT2D eigenvalue weighted by Crippen LogP contribution is -2.47. The minimum Gasteiger partial charge on any atom is -0.444 e. The average molecular weight is 271 g/mol. The number of carbonyl (C=O) groups excluding carboxylic acids is 1. The maximum absolute atomic E-state index is 11.9. The Kier molecular flexibility index (Phi) is 4.36. The molecule has 2 aliphatic rings. The van der Waals surface area contributed by atoms with Gasteiger partial charge in [0.1, 0.15) is 11.7 Å². The first-order chi connectivity index (χ1) is 8.87. The molecule has 2 N–H and O–H groups in total. The van der Waals surface area contributed by atoms with Crippen molar-refractivity contribution < 1.29 is 19.4 Å². The van der Waals surface area contributed by atoms with Crippen LogP contribution in [0.3, 0.4) is 0 Å².